The van der Waals surface area contributed by atoms with Gasteiger partial charge in [-0.05, 0) is 52.1 Å². The zero-order chi connectivity index (χ0) is 13.2. The number of hydrogen-bond acceptors (Lipinski definition) is 3. The van der Waals surface area contributed by atoms with E-state index in [9.17, 15) is 4.79 Å². The Morgan fingerprint density at radius 1 is 1.32 bits per heavy atom. The number of fused-ring (bicyclic) bond motifs is 2. The Morgan fingerprint density at radius 3 is 2.74 bits per heavy atom. The van der Waals surface area contributed by atoms with Crippen LogP contribution in [0.25, 0.3) is 0 Å². The fourth-order valence-electron chi connectivity index (χ4n) is 4.04. The van der Waals surface area contributed by atoms with Crippen LogP contribution in [-0.2, 0) is 4.79 Å². The molecule has 0 saturated carbocycles. The van der Waals surface area contributed by atoms with Crippen LogP contribution in [0.2, 0.25) is 0 Å². The molecule has 3 rings (SSSR count). The van der Waals surface area contributed by atoms with Crippen LogP contribution < -0.4 is 10.6 Å². The van der Waals surface area contributed by atoms with Crippen LogP contribution >= 0.6 is 0 Å². The Labute approximate surface area is 116 Å². The van der Waals surface area contributed by atoms with E-state index in [4.69, 9.17) is 0 Å². The average molecular weight is 265 g/mol. The first-order valence-corrected chi connectivity index (χ1v) is 8.01. The first-order chi connectivity index (χ1) is 9.22. The predicted octanol–water partition coefficient (Wildman–Crippen LogP) is 1.12. The maximum atomic E-state index is 12.3. The topological polar surface area (TPSA) is 44.4 Å². The molecule has 0 aliphatic carbocycles. The van der Waals surface area contributed by atoms with Gasteiger partial charge in [0.15, 0.2) is 0 Å². The first-order valence-electron chi connectivity index (χ1n) is 8.01. The van der Waals surface area contributed by atoms with Crippen LogP contribution in [0.3, 0.4) is 0 Å². The Balaban J connectivity index is 1.43. The van der Waals surface area contributed by atoms with Gasteiger partial charge in [-0.25, -0.2) is 0 Å². The lowest BCUT2D eigenvalue weighted by molar-refractivity contribution is -0.126. The maximum Gasteiger partial charge on any atom is 0.224 e. The molecule has 4 nitrogen and oxygen atoms in total. The van der Waals surface area contributed by atoms with Gasteiger partial charge in [-0.15, -0.1) is 0 Å². The van der Waals surface area contributed by atoms with Gasteiger partial charge in [0.25, 0.3) is 0 Å². The van der Waals surface area contributed by atoms with E-state index in [2.05, 4.69) is 22.5 Å². The number of rotatable bonds is 4. The fourth-order valence-corrected chi connectivity index (χ4v) is 4.04. The molecule has 4 unspecified atom stereocenters. The highest BCUT2D eigenvalue weighted by Gasteiger charge is 2.42. The van der Waals surface area contributed by atoms with Gasteiger partial charge in [0.1, 0.15) is 0 Å². The van der Waals surface area contributed by atoms with Crippen molar-refractivity contribution in [2.45, 2.75) is 63.6 Å². The number of nitrogens with one attached hydrogen (secondary N) is 2. The Hall–Kier alpha value is -0.610. The van der Waals surface area contributed by atoms with Crippen LogP contribution in [0.1, 0.15) is 45.4 Å². The zero-order valence-electron chi connectivity index (χ0n) is 12.0. The molecule has 0 aromatic heterocycles. The molecule has 4 heteroatoms. The molecule has 108 valence electrons. The number of piperidine rings is 1. The smallest absolute Gasteiger partial charge is 0.224 e. The number of amides is 1. The molecule has 3 saturated heterocycles. The first kappa shape index (κ1) is 13.4. The van der Waals surface area contributed by atoms with E-state index in [0.717, 1.165) is 13.0 Å². The molecule has 2 bridgehead atoms. The van der Waals surface area contributed by atoms with Crippen molar-refractivity contribution in [2.75, 3.05) is 19.6 Å². The Morgan fingerprint density at radius 2 is 2.11 bits per heavy atom. The molecular weight excluding hydrogens is 238 g/mol. The minimum absolute atomic E-state index is 0.225. The minimum atomic E-state index is 0.225. The van der Waals surface area contributed by atoms with Gasteiger partial charge in [-0.3, -0.25) is 4.79 Å². The van der Waals surface area contributed by atoms with Crippen molar-refractivity contribution in [3.63, 3.8) is 0 Å². The highest BCUT2D eigenvalue weighted by Crippen LogP contribution is 2.33. The van der Waals surface area contributed by atoms with Crippen molar-refractivity contribution in [3.8, 4) is 0 Å². The van der Waals surface area contributed by atoms with E-state index in [1.54, 1.807) is 0 Å². The average Bonchev–Trinajstić information content (AvgIpc) is 3.02. The second-order valence-corrected chi connectivity index (χ2v) is 6.66. The van der Waals surface area contributed by atoms with Crippen molar-refractivity contribution in [1.29, 1.82) is 0 Å². The van der Waals surface area contributed by atoms with Gasteiger partial charge in [0, 0.05) is 24.7 Å². The standard InChI is InChI=1S/C15H27N3O/c1-11(10-18-7-3-2-4-8-18)16-15(19)13-9-12-5-6-14(13)17-12/h11-14,17H,2-10H2,1H3,(H,16,19). The summed E-state index contributed by atoms with van der Waals surface area (Å²) in [4.78, 5) is 14.8. The van der Waals surface area contributed by atoms with E-state index in [-0.39, 0.29) is 17.9 Å². The molecular formula is C15H27N3O. The molecule has 0 radical (unpaired) electrons. The second kappa shape index (κ2) is 5.80. The SMILES string of the molecule is CC(CN1CCCCC1)NC(=O)C1CC2CCC1N2. The molecule has 4 atom stereocenters. The van der Waals surface area contributed by atoms with Crippen LogP contribution in [0.5, 0.6) is 0 Å². The molecule has 0 aromatic carbocycles. The molecule has 0 spiro atoms. The van der Waals surface area contributed by atoms with Crippen LogP contribution in [0.4, 0.5) is 0 Å². The predicted molar refractivity (Wildman–Crippen MR) is 75.9 cm³/mol. The summed E-state index contributed by atoms with van der Waals surface area (Å²) in [6, 6.07) is 1.34. The molecule has 3 fully saturated rings. The van der Waals surface area contributed by atoms with Gasteiger partial charge in [-0.2, -0.15) is 0 Å². The monoisotopic (exact) mass is 265 g/mol. The molecule has 1 amide bonds. The molecule has 19 heavy (non-hydrogen) atoms. The largest absolute Gasteiger partial charge is 0.352 e. The van der Waals surface area contributed by atoms with Gasteiger partial charge in [-0.1, -0.05) is 6.42 Å². The summed E-state index contributed by atoms with van der Waals surface area (Å²) in [5.41, 5.74) is 0. The number of carbonyl (C=O) groups is 1. The number of likely N-dealkylation sites (tertiary alicyclic amines) is 1. The lowest BCUT2D eigenvalue weighted by Crippen LogP contribution is -2.47. The van der Waals surface area contributed by atoms with Crippen molar-refractivity contribution in [2.24, 2.45) is 5.92 Å². The number of carbonyl (C=O) groups excluding carboxylic acids is 1. The number of nitrogens with zero attached hydrogens (tertiary/aromatic N) is 1. The summed E-state index contributed by atoms with van der Waals surface area (Å²) in [6.07, 6.45) is 7.50. The molecule has 2 N–H and O–H groups in total. The zero-order valence-corrected chi connectivity index (χ0v) is 12.0. The molecule has 0 aromatic rings. The third kappa shape index (κ3) is 3.11. The van der Waals surface area contributed by atoms with Crippen molar-refractivity contribution >= 4 is 5.91 Å². The number of hydrogen-bond donors (Lipinski definition) is 2. The summed E-state index contributed by atoms with van der Waals surface area (Å²) >= 11 is 0. The van der Waals surface area contributed by atoms with E-state index in [1.165, 1.54) is 45.2 Å². The lowest BCUT2D eigenvalue weighted by Gasteiger charge is -2.30. The van der Waals surface area contributed by atoms with Crippen LogP contribution in [0, 0.1) is 5.92 Å². The lowest BCUT2D eigenvalue weighted by atomic mass is 9.88. The summed E-state index contributed by atoms with van der Waals surface area (Å²) < 4.78 is 0. The second-order valence-electron chi connectivity index (χ2n) is 6.66. The third-order valence-electron chi connectivity index (χ3n) is 5.01. The highest BCUT2D eigenvalue weighted by atomic mass is 16.2. The molecule has 3 aliphatic rings. The van der Waals surface area contributed by atoms with E-state index < -0.39 is 0 Å². The van der Waals surface area contributed by atoms with Crippen molar-refractivity contribution in [1.82, 2.24) is 15.5 Å². The summed E-state index contributed by atoms with van der Waals surface area (Å²) in [5, 5.41) is 6.78. The highest BCUT2D eigenvalue weighted by molar-refractivity contribution is 5.80. The molecule has 3 heterocycles. The van der Waals surface area contributed by atoms with Crippen molar-refractivity contribution < 1.29 is 4.79 Å². The summed E-state index contributed by atoms with van der Waals surface area (Å²) in [7, 11) is 0. The van der Waals surface area contributed by atoms with E-state index in [0.29, 0.717) is 12.1 Å². The summed E-state index contributed by atoms with van der Waals surface area (Å²) in [6.45, 7) is 5.57. The Bertz CT molecular complexity index is 327. The normalized spacial score (nSPS) is 36.4. The van der Waals surface area contributed by atoms with E-state index in [1.807, 2.05) is 0 Å². The maximum absolute atomic E-state index is 12.3. The quantitative estimate of drug-likeness (QED) is 0.800. The van der Waals surface area contributed by atoms with Gasteiger partial charge >= 0.3 is 0 Å². The Kier molecular flexibility index (Phi) is 4.08. The minimum Gasteiger partial charge on any atom is -0.352 e. The molecule has 3 aliphatic heterocycles. The van der Waals surface area contributed by atoms with Crippen LogP contribution in [-0.4, -0.2) is 48.6 Å². The van der Waals surface area contributed by atoms with E-state index >= 15 is 0 Å². The van der Waals surface area contributed by atoms with Crippen molar-refractivity contribution in [3.05, 3.63) is 0 Å². The third-order valence-corrected chi connectivity index (χ3v) is 5.01. The van der Waals surface area contributed by atoms with Crippen LogP contribution in [0.15, 0.2) is 0 Å². The fraction of sp³-hybridized carbons (Fsp3) is 0.933. The van der Waals surface area contributed by atoms with Gasteiger partial charge in [0.2, 0.25) is 5.91 Å². The van der Waals surface area contributed by atoms with Gasteiger partial charge < -0.3 is 15.5 Å². The van der Waals surface area contributed by atoms with Gasteiger partial charge in [0.05, 0.1) is 5.92 Å². The summed E-state index contributed by atoms with van der Waals surface area (Å²) in [5.74, 6) is 0.506.